The van der Waals surface area contributed by atoms with Gasteiger partial charge in [0.25, 0.3) is 5.91 Å². The predicted molar refractivity (Wildman–Crippen MR) is 116 cm³/mol. The third-order valence-corrected chi connectivity index (χ3v) is 6.73. The minimum absolute atomic E-state index is 0.00551. The molecule has 3 heterocycles. The van der Waals surface area contributed by atoms with Gasteiger partial charge >= 0.3 is 12.0 Å². The maximum atomic E-state index is 13.0. The molecule has 33 heavy (non-hydrogen) atoms. The Kier molecular flexibility index (Phi) is 5.85. The Labute approximate surface area is 191 Å². The quantitative estimate of drug-likeness (QED) is 0.402. The van der Waals surface area contributed by atoms with Crippen LogP contribution in [0.1, 0.15) is 60.1 Å². The summed E-state index contributed by atoms with van der Waals surface area (Å²) in [6, 6.07) is 2.86. The monoisotopic (exact) mass is 456 g/mol. The Hall–Kier alpha value is -3.43. The molecule has 1 N–H and O–H groups in total. The molecule has 2 aliphatic rings. The highest BCUT2D eigenvalue weighted by molar-refractivity contribution is 6.09. The SMILES string of the molecule is Cc1cc(-n2c(C)cc(C(=O)COC(=O)CN3C(=O)N[C@]4(CCCC[C@@H]4C)C3=O)c2C)no1. The van der Waals surface area contributed by atoms with E-state index < -0.39 is 42.4 Å². The van der Waals surface area contributed by atoms with Crippen molar-refractivity contribution in [1.82, 2.24) is 19.9 Å². The number of nitrogens with one attached hydrogen (secondary N) is 1. The molecule has 1 aliphatic carbocycles. The highest BCUT2D eigenvalue weighted by atomic mass is 16.5. The van der Waals surface area contributed by atoms with Gasteiger partial charge in [-0.3, -0.25) is 23.9 Å². The second-order valence-corrected chi connectivity index (χ2v) is 8.94. The minimum Gasteiger partial charge on any atom is -0.456 e. The lowest BCUT2D eigenvalue weighted by Gasteiger charge is -2.36. The third-order valence-electron chi connectivity index (χ3n) is 6.73. The second-order valence-electron chi connectivity index (χ2n) is 8.94. The number of rotatable bonds is 6. The number of hydrogen-bond acceptors (Lipinski definition) is 7. The highest BCUT2D eigenvalue weighted by Crippen LogP contribution is 2.38. The first-order valence-electron chi connectivity index (χ1n) is 11.1. The summed E-state index contributed by atoms with van der Waals surface area (Å²) in [6.07, 6.45) is 3.25. The fraction of sp³-hybridized carbons (Fsp3) is 0.522. The Morgan fingerprint density at radius 1 is 1.24 bits per heavy atom. The average molecular weight is 456 g/mol. The maximum absolute atomic E-state index is 13.0. The smallest absolute Gasteiger partial charge is 0.326 e. The van der Waals surface area contributed by atoms with Crippen molar-refractivity contribution in [3.05, 3.63) is 34.8 Å². The van der Waals surface area contributed by atoms with Crippen molar-refractivity contribution in [2.75, 3.05) is 13.2 Å². The summed E-state index contributed by atoms with van der Waals surface area (Å²) in [6.45, 7) is 6.30. The van der Waals surface area contributed by atoms with Gasteiger partial charge in [-0.2, -0.15) is 0 Å². The van der Waals surface area contributed by atoms with E-state index in [1.165, 1.54) is 0 Å². The van der Waals surface area contributed by atoms with E-state index in [4.69, 9.17) is 9.26 Å². The summed E-state index contributed by atoms with van der Waals surface area (Å²) in [5.74, 6) is -0.401. The number of ketones is 1. The molecule has 2 atom stereocenters. The molecule has 10 heteroatoms. The highest BCUT2D eigenvalue weighted by Gasteiger charge is 2.55. The van der Waals surface area contributed by atoms with Crippen molar-refractivity contribution < 1.29 is 28.4 Å². The first-order valence-corrected chi connectivity index (χ1v) is 11.1. The van der Waals surface area contributed by atoms with Gasteiger partial charge in [-0.25, -0.2) is 4.79 Å². The van der Waals surface area contributed by atoms with Crippen LogP contribution in [0.25, 0.3) is 5.82 Å². The van der Waals surface area contributed by atoms with E-state index in [2.05, 4.69) is 10.5 Å². The number of hydrogen-bond donors (Lipinski definition) is 1. The van der Waals surface area contributed by atoms with Gasteiger partial charge in [-0.1, -0.05) is 24.9 Å². The number of urea groups is 1. The first kappa shape index (κ1) is 22.8. The second kappa shape index (κ2) is 8.49. The standard InChI is InChI=1S/C23H28N4O6/c1-13-7-5-6-8-23(13)21(30)26(22(31)24-23)11-20(29)32-12-18(28)17-9-14(2)27(16(17)4)19-10-15(3)33-25-19/h9-10,13H,5-8,11-12H2,1-4H3,(H,24,31)/t13-,23-/m0/s1. The lowest BCUT2D eigenvalue weighted by molar-refractivity contribution is -0.147. The molecule has 1 aliphatic heterocycles. The van der Waals surface area contributed by atoms with Gasteiger partial charge < -0.3 is 14.6 Å². The van der Waals surface area contributed by atoms with E-state index in [1.54, 1.807) is 30.5 Å². The summed E-state index contributed by atoms with van der Waals surface area (Å²) in [5, 5.41) is 6.78. The van der Waals surface area contributed by atoms with Crippen molar-refractivity contribution in [2.24, 2.45) is 5.92 Å². The minimum atomic E-state index is -0.942. The molecule has 176 valence electrons. The molecular formula is C23H28N4O6. The van der Waals surface area contributed by atoms with Crippen LogP contribution in [0.3, 0.4) is 0 Å². The molecule has 10 nitrogen and oxygen atoms in total. The summed E-state index contributed by atoms with van der Waals surface area (Å²) in [5.41, 5.74) is 0.874. The van der Waals surface area contributed by atoms with Gasteiger partial charge in [0.05, 0.1) is 0 Å². The van der Waals surface area contributed by atoms with Crippen molar-refractivity contribution >= 4 is 23.7 Å². The van der Waals surface area contributed by atoms with E-state index >= 15 is 0 Å². The molecule has 0 aromatic carbocycles. The zero-order valence-corrected chi connectivity index (χ0v) is 19.3. The number of aryl methyl sites for hydroxylation is 2. The van der Waals surface area contributed by atoms with Crippen LogP contribution in [0, 0.1) is 26.7 Å². The molecule has 0 bridgehead atoms. The Bertz CT molecular complexity index is 1130. The normalized spacial score (nSPS) is 22.7. The van der Waals surface area contributed by atoms with Crippen LogP contribution in [-0.4, -0.2) is 57.0 Å². The Morgan fingerprint density at radius 2 is 2.00 bits per heavy atom. The average Bonchev–Trinajstić information content (AvgIpc) is 3.39. The van der Waals surface area contributed by atoms with Crippen LogP contribution >= 0.6 is 0 Å². The van der Waals surface area contributed by atoms with Crippen LogP contribution in [-0.2, 0) is 14.3 Å². The molecule has 1 saturated carbocycles. The number of imide groups is 1. The summed E-state index contributed by atoms with van der Waals surface area (Å²) in [4.78, 5) is 51.4. The van der Waals surface area contributed by atoms with Crippen LogP contribution < -0.4 is 5.32 Å². The number of amides is 3. The number of ether oxygens (including phenoxy) is 1. The number of nitrogens with zero attached hydrogens (tertiary/aromatic N) is 3. The topological polar surface area (TPSA) is 124 Å². The molecule has 0 radical (unpaired) electrons. The molecule has 2 aromatic rings. The van der Waals surface area contributed by atoms with Crippen LogP contribution in [0.5, 0.6) is 0 Å². The maximum Gasteiger partial charge on any atom is 0.326 e. The molecule has 1 saturated heterocycles. The van der Waals surface area contributed by atoms with Gasteiger partial charge in [-0.05, 0) is 45.6 Å². The zero-order chi connectivity index (χ0) is 23.9. The van der Waals surface area contributed by atoms with Crippen molar-refractivity contribution in [3.8, 4) is 5.82 Å². The van der Waals surface area contributed by atoms with Gasteiger partial charge in [0, 0.05) is 23.0 Å². The number of carbonyl (C=O) groups is 4. The molecule has 0 unspecified atom stereocenters. The molecule has 2 aromatic heterocycles. The first-order chi connectivity index (χ1) is 15.6. The summed E-state index contributed by atoms with van der Waals surface area (Å²) in [7, 11) is 0. The van der Waals surface area contributed by atoms with Crippen molar-refractivity contribution in [3.63, 3.8) is 0 Å². The van der Waals surface area contributed by atoms with Crippen LogP contribution in [0.15, 0.2) is 16.7 Å². The van der Waals surface area contributed by atoms with Gasteiger partial charge in [0.15, 0.2) is 12.4 Å². The van der Waals surface area contributed by atoms with E-state index in [9.17, 15) is 19.2 Å². The molecular weight excluding hydrogens is 428 g/mol. The predicted octanol–water partition coefficient (Wildman–Crippen LogP) is 2.62. The lowest BCUT2D eigenvalue weighted by atomic mass is 9.73. The Balaban J connectivity index is 1.39. The lowest BCUT2D eigenvalue weighted by Crippen LogP contribution is -2.54. The molecule has 1 spiro atoms. The van der Waals surface area contributed by atoms with E-state index in [-0.39, 0.29) is 5.92 Å². The molecule has 3 amide bonds. The van der Waals surface area contributed by atoms with Crippen LogP contribution in [0.2, 0.25) is 0 Å². The fourth-order valence-corrected chi connectivity index (χ4v) is 4.89. The van der Waals surface area contributed by atoms with Gasteiger partial charge in [-0.15, -0.1) is 0 Å². The Morgan fingerprint density at radius 3 is 2.67 bits per heavy atom. The number of carbonyl (C=O) groups excluding carboxylic acids is 4. The summed E-state index contributed by atoms with van der Waals surface area (Å²) >= 11 is 0. The number of Topliss-reactive ketones (excluding diaryl/α,β-unsaturated/α-hetero) is 1. The summed E-state index contributed by atoms with van der Waals surface area (Å²) < 4.78 is 12.0. The van der Waals surface area contributed by atoms with Crippen LogP contribution in [0.4, 0.5) is 4.79 Å². The third kappa shape index (κ3) is 3.94. The van der Waals surface area contributed by atoms with Gasteiger partial charge in [0.2, 0.25) is 5.78 Å². The number of aromatic nitrogens is 2. The number of esters is 1. The molecule has 4 rings (SSSR count). The zero-order valence-electron chi connectivity index (χ0n) is 19.3. The van der Waals surface area contributed by atoms with E-state index in [0.29, 0.717) is 29.3 Å². The van der Waals surface area contributed by atoms with E-state index in [1.807, 2.05) is 13.8 Å². The fourth-order valence-electron chi connectivity index (χ4n) is 4.89. The van der Waals surface area contributed by atoms with Crippen molar-refractivity contribution in [1.29, 1.82) is 0 Å². The van der Waals surface area contributed by atoms with Crippen molar-refractivity contribution in [2.45, 2.75) is 58.9 Å². The van der Waals surface area contributed by atoms with Gasteiger partial charge in [0.1, 0.15) is 17.8 Å². The van der Waals surface area contributed by atoms with E-state index in [0.717, 1.165) is 29.9 Å². The molecule has 2 fully saturated rings. The largest absolute Gasteiger partial charge is 0.456 e.